The van der Waals surface area contributed by atoms with Gasteiger partial charge >= 0.3 is 0 Å². The van der Waals surface area contributed by atoms with E-state index in [0.717, 1.165) is 11.1 Å². The number of amides is 1. The van der Waals surface area contributed by atoms with Gasteiger partial charge in [0.25, 0.3) is 0 Å². The number of rotatable bonds is 3. The molecule has 84 valence electrons. The van der Waals surface area contributed by atoms with E-state index in [9.17, 15) is 4.79 Å². The van der Waals surface area contributed by atoms with Crippen molar-refractivity contribution in [2.45, 2.75) is 19.9 Å². The highest BCUT2D eigenvalue weighted by atomic mass is 16.2. The lowest BCUT2D eigenvalue weighted by molar-refractivity contribution is -0.119. The molecule has 0 aliphatic rings. The number of carbonyl (C=O) groups excluding carboxylic acids is 1. The van der Waals surface area contributed by atoms with Crippen LogP contribution in [0.1, 0.15) is 24.5 Å². The highest BCUT2D eigenvalue weighted by Gasteiger charge is 1.99. The molecule has 1 amide bonds. The summed E-state index contributed by atoms with van der Waals surface area (Å²) < 4.78 is 0. The molecule has 0 aliphatic heterocycles. The highest BCUT2D eigenvalue weighted by molar-refractivity contribution is 5.72. The Bertz CT molecular complexity index is 415. The second kappa shape index (κ2) is 6.65. The Balaban J connectivity index is 2.76. The van der Waals surface area contributed by atoms with Gasteiger partial charge in [0, 0.05) is 25.5 Å². The molecule has 3 heteroatoms. The molecule has 0 atom stereocenters. The van der Waals surface area contributed by atoms with E-state index in [1.165, 1.54) is 6.92 Å². The normalized spacial score (nSPS) is 9.12. The molecule has 0 unspecified atom stereocenters. The third-order valence-electron chi connectivity index (χ3n) is 2.01. The molecule has 3 nitrogen and oxygen atoms in total. The van der Waals surface area contributed by atoms with E-state index in [-0.39, 0.29) is 12.5 Å². The second-order valence-electron chi connectivity index (χ2n) is 3.34. The number of aliphatic hydroxyl groups excluding tert-OH is 1. The van der Waals surface area contributed by atoms with Crippen molar-refractivity contribution in [2.75, 3.05) is 6.61 Å². The zero-order chi connectivity index (χ0) is 11.8. The number of benzene rings is 1. The fraction of sp³-hybridized carbons (Fsp3) is 0.308. The lowest BCUT2D eigenvalue weighted by Crippen LogP contribution is -2.19. The summed E-state index contributed by atoms with van der Waals surface area (Å²) in [6, 6.07) is 7.65. The number of hydrogen-bond acceptors (Lipinski definition) is 2. The Morgan fingerprint density at radius 2 is 2.19 bits per heavy atom. The van der Waals surface area contributed by atoms with Crippen LogP contribution in [0, 0.1) is 11.8 Å². The summed E-state index contributed by atoms with van der Waals surface area (Å²) in [5.74, 6) is 5.79. The largest absolute Gasteiger partial charge is 0.395 e. The van der Waals surface area contributed by atoms with Crippen LogP contribution in [0.15, 0.2) is 24.3 Å². The van der Waals surface area contributed by atoms with Crippen molar-refractivity contribution in [3.63, 3.8) is 0 Å². The van der Waals surface area contributed by atoms with Gasteiger partial charge in [-0.25, -0.2) is 0 Å². The van der Waals surface area contributed by atoms with Crippen molar-refractivity contribution >= 4 is 5.91 Å². The van der Waals surface area contributed by atoms with E-state index in [1.807, 2.05) is 24.3 Å². The molecule has 0 bridgehead atoms. The van der Waals surface area contributed by atoms with E-state index in [1.54, 1.807) is 0 Å². The first-order chi connectivity index (χ1) is 7.74. The van der Waals surface area contributed by atoms with Crippen molar-refractivity contribution in [2.24, 2.45) is 0 Å². The standard InChI is InChI=1S/C13H15NO2/c1-11(16)14-10-13-8-3-2-6-12(13)7-4-5-9-15/h2-3,6,8,15H,5,9-10H2,1H3,(H,14,16). The van der Waals surface area contributed by atoms with Crippen LogP contribution in [0.3, 0.4) is 0 Å². The van der Waals surface area contributed by atoms with Gasteiger partial charge in [0.1, 0.15) is 0 Å². The van der Waals surface area contributed by atoms with E-state index in [4.69, 9.17) is 5.11 Å². The minimum atomic E-state index is -0.0573. The van der Waals surface area contributed by atoms with Crippen LogP contribution in [-0.4, -0.2) is 17.6 Å². The molecular formula is C13H15NO2. The Kier molecular flexibility index (Phi) is 5.10. The molecule has 16 heavy (non-hydrogen) atoms. The van der Waals surface area contributed by atoms with Gasteiger partial charge in [-0.2, -0.15) is 0 Å². The van der Waals surface area contributed by atoms with Crippen LogP contribution in [0.25, 0.3) is 0 Å². The Hall–Kier alpha value is -1.79. The fourth-order valence-corrected chi connectivity index (χ4v) is 1.23. The Morgan fingerprint density at radius 1 is 1.44 bits per heavy atom. The second-order valence-corrected chi connectivity index (χ2v) is 3.34. The zero-order valence-corrected chi connectivity index (χ0v) is 9.29. The minimum Gasteiger partial charge on any atom is -0.395 e. The van der Waals surface area contributed by atoms with Gasteiger partial charge in [0.05, 0.1) is 6.61 Å². The fourth-order valence-electron chi connectivity index (χ4n) is 1.23. The van der Waals surface area contributed by atoms with Crippen molar-refractivity contribution in [1.29, 1.82) is 0 Å². The van der Waals surface area contributed by atoms with Crippen LogP contribution in [0.2, 0.25) is 0 Å². The summed E-state index contributed by atoms with van der Waals surface area (Å²) in [6.07, 6.45) is 0.467. The molecule has 0 saturated heterocycles. The number of nitrogens with one attached hydrogen (secondary N) is 1. The smallest absolute Gasteiger partial charge is 0.217 e. The maximum Gasteiger partial charge on any atom is 0.217 e. The molecule has 0 saturated carbocycles. The van der Waals surface area contributed by atoms with Gasteiger partial charge in [-0.1, -0.05) is 30.0 Å². The van der Waals surface area contributed by atoms with E-state index >= 15 is 0 Å². The SMILES string of the molecule is CC(=O)NCc1ccccc1C#CCCO. The summed E-state index contributed by atoms with van der Waals surface area (Å²) >= 11 is 0. The third-order valence-corrected chi connectivity index (χ3v) is 2.01. The van der Waals surface area contributed by atoms with Crippen LogP contribution < -0.4 is 5.32 Å². The molecule has 0 fully saturated rings. The van der Waals surface area contributed by atoms with Crippen molar-refractivity contribution in [1.82, 2.24) is 5.32 Å². The van der Waals surface area contributed by atoms with E-state index in [0.29, 0.717) is 13.0 Å². The summed E-state index contributed by atoms with van der Waals surface area (Å²) in [4.78, 5) is 10.8. The average Bonchev–Trinajstić information content (AvgIpc) is 2.28. The molecule has 2 N–H and O–H groups in total. The van der Waals surface area contributed by atoms with Gasteiger partial charge < -0.3 is 10.4 Å². The highest BCUT2D eigenvalue weighted by Crippen LogP contribution is 2.06. The Labute approximate surface area is 95.5 Å². The number of aliphatic hydroxyl groups is 1. The van der Waals surface area contributed by atoms with Gasteiger partial charge in [-0.3, -0.25) is 4.79 Å². The van der Waals surface area contributed by atoms with Crippen LogP contribution >= 0.6 is 0 Å². The first-order valence-corrected chi connectivity index (χ1v) is 5.16. The molecule has 0 aromatic heterocycles. The predicted molar refractivity (Wildman–Crippen MR) is 62.5 cm³/mol. The summed E-state index contributed by atoms with van der Waals surface area (Å²) in [5.41, 5.74) is 1.88. The lowest BCUT2D eigenvalue weighted by Gasteiger charge is -2.04. The Morgan fingerprint density at radius 3 is 2.88 bits per heavy atom. The van der Waals surface area contributed by atoms with Gasteiger partial charge in [0.15, 0.2) is 0 Å². The first kappa shape index (κ1) is 12.3. The van der Waals surface area contributed by atoms with Gasteiger partial charge in [-0.15, -0.1) is 0 Å². The first-order valence-electron chi connectivity index (χ1n) is 5.16. The van der Waals surface area contributed by atoms with Gasteiger partial charge in [-0.05, 0) is 11.6 Å². The predicted octanol–water partition coefficient (Wildman–Crippen LogP) is 1.06. The number of hydrogen-bond donors (Lipinski definition) is 2. The average molecular weight is 217 g/mol. The lowest BCUT2D eigenvalue weighted by atomic mass is 10.1. The van der Waals surface area contributed by atoms with E-state index in [2.05, 4.69) is 17.2 Å². The minimum absolute atomic E-state index is 0.0573. The molecule has 1 aromatic rings. The molecule has 0 spiro atoms. The van der Waals surface area contributed by atoms with Crippen LogP contribution in [0.4, 0.5) is 0 Å². The zero-order valence-electron chi connectivity index (χ0n) is 9.29. The molecule has 0 aliphatic carbocycles. The maximum atomic E-state index is 10.8. The topological polar surface area (TPSA) is 49.3 Å². The quantitative estimate of drug-likeness (QED) is 0.744. The summed E-state index contributed by atoms with van der Waals surface area (Å²) in [6.45, 7) is 2.04. The molecule has 0 heterocycles. The molecule has 1 aromatic carbocycles. The van der Waals surface area contributed by atoms with Crippen LogP contribution in [0.5, 0.6) is 0 Å². The third kappa shape index (κ3) is 4.16. The summed E-state index contributed by atoms with van der Waals surface area (Å²) in [7, 11) is 0. The molecule has 1 rings (SSSR count). The van der Waals surface area contributed by atoms with E-state index < -0.39 is 0 Å². The molecular weight excluding hydrogens is 202 g/mol. The summed E-state index contributed by atoms with van der Waals surface area (Å²) in [5, 5.41) is 11.4. The van der Waals surface area contributed by atoms with Crippen molar-refractivity contribution < 1.29 is 9.90 Å². The monoisotopic (exact) mass is 217 g/mol. The van der Waals surface area contributed by atoms with Crippen LogP contribution in [-0.2, 0) is 11.3 Å². The number of carbonyl (C=O) groups is 1. The van der Waals surface area contributed by atoms with Crippen molar-refractivity contribution in [3.8, 4) is 11.8 Å². The van der Waals surface area contributed by atoms with Crippen molar-refractivity contribution in [3.05, 3.63) is 35.4 Å². The maximum absolute atomic E-state index is 10.8. The van der Waals surface area contributed by atoms with Gasteiger partial charge in [0.2, 0.25) is 5.91 Å². The molecule has 0 radical (unpaired) electrons.